The maximum absolute atomic E-state index is 9.44. The predicted molar refractivity (Wildman–Crippen MR) is 74.2 cm³/mol. The lowest BCUT2D eigenvalue weighted by Gasteiger charge is -2.01. The van der Waals surface area contributed by atoms with Crippen molar-refractivity contribution in [1.29, 1.82) is 0 Å². The van der Waals surface area contributed by atoms with Crippen LogP contribution in [0, 0.1) is 0 Å². The van der Waals surface area contributed by atoms with Gasteiger partial charge in [-0.25, -0.2) is 0 Å². The summed E-state index contributed by atoms with van der Waals surface area (Å²) in [6.45, 7) is 0. The van der Waals surface area contributed by atoms with Crippen LogP contribution in [0.5, 0.6) is 5.75 Å². The van der Waals surface area contributed by atoms with Crippen LogP contribution in [-0.4, -0.2) is 17.3 Å². The minimum Gasteiger partial charge on any atom is -0.506 e. The first-order chi connectivity index (χ1) is 7.00. The molecule has 16 heavy (non-hydrogen) atoms. The molecule has 0 aliphatic heterocycles. The lowest BCUT2D eigenvalue weighted by molar-refractivity contribution is 0.468. The molecular weight excluding hydrogens is 363 g/mol. The number of phenolic OH excluding ortho intramolecular Hbond substituents is 1. The lowest BCUT2D eigenvalue weighted by atomic mass is 10.2. The highest BCUT2D eigenvalue weighted by atomic mass is 79.9. The second kappa shape index (κ2) is 6.72. The van der Waals surface area contributed by atoms with Crippen molar-refractivity contribution in [1.82, 2.24) is 0 Å². The van der Waals surface area contributed by atoms with Crippen molar-refractivity contribution < 1.29 is 5.11 Å². The van der Waals surface area contributed by atoms with Gasteiger partial charge in [0.1, 0.15) is 5.75 Å². The van der Waals surface area contributed by atoms with Crippen LogP contribution >= 0.6 is 44.3 Å². The Bertz CT molecular complexity index is 409. The molecular formula is C8H9Br2ClN4O. The molecule has 0 aliphatic carbocycles. The molecule has 88 valence electrons. The van der Waals surface area contributed by atoms with Gasteiger partial charge in [0.2, 0.25) is 5.96 Å². The molecule has 1 aromatic rings. The average Bonchev–Trinajstić information content (AvgIpc) is 2.13. The van der Waals surface area contributed by atoms with Gasteiger partial charge in [-0.05, 0) is 49.6 Å². The summed E-state index contributed by atoms with van der Waals surface area (Å²) < 4.78 is 1.12. The molecule has 0 radical (unpaired) electrons. The molecule has 5 nitrogen and oxygen atoms in total. The first-order valence-corrected chi connectivity index (χ1v) is 5.39. The fourth-order valence-corrected chi connectivity index (χ4v) is 2.04. The van der Waals surface area contributed by atoms with Gasteiger partial charge in [0, 0.05) is 0 Å². The van der Waals surface area contributed by atoms with Crippen molar-refractivity contribution in [3.05, 3.63) is 26.6 Å². The van der Waals surface area contributed by atoms with Crippen LogP contribution in [0.15, 0.2) is 31.3 Å². The minimum absolute atomic E-state index is 0. The Balaban J connectivity index is 0.00000225. The standard InChI is InChI=1S/C8H8Br2N4O.ClH/c9-5-1-4(2-6(10)7(5)15)3-13-14-8(11)12;/h1-3,15H,(H4,11,12,14);1H/b13-3+;. The highest BCUT2D eigenvalue weighted by molar-refractivity contribution is 9.11. The van der Waals surface area contributed by atoms with Crippen molar-refractivity contribution in [2.24, 2.45) is 21.7 Å². The van der Waals surface area contributed by atoms with Gasteiger partial charge < -0.3 is 16.6 Å². The number of hydrogen-bond acceptors (Lipinski definition) is 3. The van der Waals surface area contributed by atoms with Crippen molar-refractivity contribution in [3.63, 3.8) is 0 Å². The second-order valence-electron chi connectivity index (χ2n) is 2.60. The molecule has 8 heteroatoms. The second-order valence-corrected chi connectivity index (χ2v) is 4.31. The Morgan fingerprint density at radius 2 is 1.75 bits per heavy atom. The fraction of sp³-hybridized carbons (Fsp3) is 0. The van der Waals surface area contributed by atoms with Gasteiger partial charge in [-0.1, -0.05) is 0 Å². The van der Waals surface area contributed by atoms with Gasteiger partial charge in [0.15, 0.2) is 0 Å². The van der Waals surface area contributed by atoms with Crippen molar-refractivity contribution in [2.45, 2.75) is 0 Å². The molecule has 0 saturated carbocycles. The molecule has 1 aromatic carbocycles. The summed E-state index contributed by atoms with van der Waals surface area (Å²) >= 11 is 6.38. The molecule has 0 unspecified atom stereocenters. The van der Waals surface area contributed by atoms with Gasteiger partial charge in [0.05, 0.1) is 15.2 Å². The maximum Gasteiger partial charge on any atom is 0.211 e. The Morgan fingerprint density at radius 1 is 1.25 bits per heavy atom. The first-order valence-electron chi connectivity index (χ1n) is 3.80. The summed E-state index contributed by atoms with van der Waals surface area (Å²) in [5, 5.41) is 16.5. The van der Waals surface area contributed by atoms with Gasteiger partial charge in [-0.15, -0.1) is 17.5 Å². The van der Waals surface area contributed by atoms with E-state index >= 15 is 0 Å². The van der Waals surface area contributed by atoms with E-state index in [0.717, 1.165) is 5.56 Å². The van der Waals surface area contributed by atoms with E-state index in [0.29, 0.717) is 8.95 Å². The van der Waals surface area contributed by atoms with E-state index < -0.39 is 0 Å². The molecule has 0 bridgehead atoms. The predicted octanol–water partition coefficient (Wildman–Crippen LogP) is 1.95. The van der Waals surface area contributed by atoms with Crippen molar-refractivity contribution in [2.75, 3.05) is 0 Å². The highest BCUT2D eigenvalue weighted by Gasteiger charge is 2.04. The lowest BCUT2D eigenvalue weighted by Crippen LogP contribution is -2.21. The van der Waals surface area contributed by atoms with Crippen LogP contribution in [-0.2, 0) is 0 Å². The number of halogens is 3. The van der Waals surface area contributed by atoms with Crippen molar-refractivity contribution in [3.8, 4) is 5.75 Å². The summed E-state index contributed by atoms with van der Waals surface area (Å²) in [5.74, 6) is 0.0251. The number of aromatic hydroxyl groups is 1. The number of benzene rings is 1. The van der Waals surface area contributed by atoms with E-state index in [1.165, 1.54) is 6.21 Å². The smallest absolute Gasteiger partial charge is 0.211 e. The Kier molecular flexibility index (Phi) is 6.39. The van der Waals surface area contributed by atoms with Crippen LogP contribution in [0.1, 0.15) is 5.56 Å². The third-order valence-corrected chi connectivity index (χ3v) is 2.63. The third-order valence-electron chi connectivity index (χ3n) is 1.42. The van der Waals surface area contributed by atoms with Crippen LogP contribution in [0.4, 0.5) is 0 Å². The normalized spacial score (nSPS) is 9.88. The molecule has 0 heterocycles. The van der Waals surface area contributed by atoms with E-state index in [4.69, 9.17) is 11.5 Å². The average molecular weight is 372 g/mol. The van der Waals surface area contributed by atoms with Gasteiger partial charge in [-0.2, -0.15) is 5.10 Å². The Morgan fingerprint density at radius 3 is 2.19 bits per heavy atom. The monoisotopic (exact) mass is 370 g/mol. The first kappa shape index (κ1) is 15.2. The van der Waals surface area contributed by atoms with E-state index in [9.17, 15) is 5.11 Å². The van der Waals surface area contributed by atoms with Crippen LogP contribution in [0.25, 0.3) is 0 Å². The third kappa shape index (κ3) is 4.38. The molecule has 0 atom stereocenters. The molecule has 0 saturated heterocycles. The minimum atomic E-state index is -0.108. The molecule has 0 spiro atoms. The SMILES string of the molecule is Cl.NC(N)=N/N=C/c1cc(Br)c(O)c(Br)c1. The van der Waals surface area contributed by atoms with Crippen LogP contribution < -0.4 is 11.5 Å². The number of rotatable bonds is 2. The number of guanidine groups is 1. The zero-order valence-electron chi connectivity index (χ0n) is 7.89. The zero-order valence-corrected chi connectivity index (χ0v) is 11.9. The summed E-state index contributed by atoms with van der Waals surface area (Å²) in [4.78, 5) is 0. The van der Waals surface area contributed by atoms with E-state index in [1.54, 1.807) is 12.1 Å². The van der Waals surface area contributed by atoms with Gasteiger partial charge in [0.25, 0.3) is 0 Å². The topological polar surface area (TPSA) is 97.0 Å². The molecule has 1 rings (SSSR count). The summed E-state index contributed by atoms with van der Waals surface area (Å²) in [6.07, 6.45) is 1.47. The quantitative estimate of drug-likeness (QED) is 0.420. The van der Waals surface area contributed by atoms with Crippen LogP contribution in [0.3, 0.4) is 0 Å². The van der Waals surface area contributed by atoms with Crippen molar-refractivity contribution >= 4 is 56.4 Å². The number of phenols is 1. The van der Waals surface area contributed by atoms with Gasteiger partial charge in [-0.3, -0.25) is 0 Å². The molecule has 0 aliphatic rings. The summed E-state index contributed by atoms with van der Waals surface area (Å²) in [5.41, 5.74) is 10.9. The molecule has 0 aromatic heterocycles. The number of nitrogens with zero attached hydrogens (tertiary/aromatic N) is 2. The Labute approximate surface area is 115 Å². The van der Waals surface area contributed by atoms with E-state index in [2.05, 4.69) is 42.1 Å². The van der Waals surface area contributed by atoms with Gasteiger partial charge >= 0.3 is 0 Å². The van der Waals surface area contributed by atoms with Crippen LogP contribution in [0.2, 0.25) is 0 Å². The van der Waals surface area contributed by atoms with E-state index in [-0.39, 0.29) is 24.1 Å². The highest BCUT2D eigenvalue weighted by Crippen LogP contribution is 2.32. The van der Waals surface area contributed by atoms with E-state index in [1.807, 2.05) is 0 Å². The zero-order chi connectivity index (χ0) is 11.4. The molecule has 0 amide bonds. The summed E-state index contributed by atoms with van der Waals surface area (Å²) in [6, 6.07) is 3.37. The maximum atomic E-state index is 9.44. The number of nitrogens with two attached hydrogens (primary N) is 2. The molecule has 0 fully saturated rings. The Hall–Kier alpha value is -0.790. The molecule has 5 N–H and O–H groups in total. The fourth-order valence-electron chi connectivity index (χ4n) is 0.822. The number of hydrogen-bond donors (Lipinski definition) is 3. The largest absolute Gasteiger partial charge is 0.506 e. The summed E-state index contributed by atoms with van der Waals surface area (Å²) in [7, 11) is 0.